The van der Waals surface area contributed by atoms with E-state index in [1.54, 1.807) is 0 Å². The summed E-state index contributed by atoms with van der Waals surface area (Å²) in [5.74, 6) is 0.207. The van der Waals surface area contributed by atoms with E-state index in [0.29, 0.717) is 12.3 Å². The first-order valence-corrected chi connectivity index (χ1v) is 6.52. The summed E-state index contributed by atoms with van der Waals surface area (Å²) in [6.45, 7) is 1.51. The van der Waals surface area contributed by atoms with Gasteiger partial charge in [-0.05, 0) is 25.8 Å². The third-order valence-corrected chi connectivity index (χ3v) is 3.58. The molecule has 1 aliphatic rings. The molecule has 1 N–H and O–H groups in total. The van der Waals surface area contributed by atoms with Crippen molar-refractivity contribution in [2.24, 2.45) is 5.92 Å². The molecule has 5 heteroatoms. The monoisotopic (exact) mass is 252 g/mol. The Hall–Kier alpha value is -1.36. The largest absolute Gasteiger partial charge is 0.478 e. The second-order valence-corrected chi connectivity index (χ2v) is 5.17. The van der Waals surface area contributed by atoms with Crippen molar-refractivity contribution in [2.45, 2.75) is 38.6 Å². The minimum Gasteiger partial charge on any atom is -0.478 e. The van der Waals surface area contributed by atoms with Crippen LogP contribution in [0.1, 0.15) is 48.2 Å². The van der Waals surface area contributed by atoms with Crippen LogP contribution in [0.3, 0.4) is 0 Å². The zero-order valence-corrected chi connectivity index (χ0v) is 10.8. The molecular weight excluding hydrogens is 232 g/mol. The van der Waals surface area contributed by atoms with E-state index < -0.39 is 5.97 Å². The predicted molar refractivity (Wildman–Crippen MR) is 66.4 cm³/mol. The van der Waals surface area contributed by atoms with E-state index in [9.17, 15) is 4.79 Å². The molecule has 0 bridgehead atoms. The van der Waals surface area contributed by atoms with Gasteiger partial charge in [-0.2, -0.15) is 0 Å². The Bertz CT molecular complexity index is 397. The SMILES string of the molecule is CN(Cc1oncc1C(=O)O)CC1CCCCC1. The van der Waals surface area contributed by atoms with E-state index in [1.165, 1.54) is 38.3 Å². The molecular formula is C13H20N2O3. The number of carboxylic acids is 1. The summed E-state index contributed by atoms with van der Waals surface area (Å²) < 4.78 is 5.01. The van der Waals surface area contributed by atoms with Crippen molar-refractivity contribution in [3.05, 3.63) is 17.5 Å². The van der Waals surface area contributed by atoms with Gasteiger partial charge < -0.3 is 9.63 Å². The molecule has 0 spiro atoms. The van der Waals surface area contributed by atoms with E-state index in [4.69, 9.17) is 9.63 Å². The highest BCUT2D eigenvalue weighted by Gasteiger charge is 2.19. The second-order valence-electron chi connectivity index (χ2n) is 5.17. The molecule has 1 aliphatic carbocycles. The first-order valence-electron chi connectivity index (χ1n) is 6.52. The van der Waals surface area contributed by atoms with Gasteiger partial charge in [-0.25, -0.2) is 4.79 Å². The molecule has 18 heavy (non-hydrogen) atoms. The number of carboxylic acid groups (broad SMARTS) is 1. The molecule has 0 atom stereocenters. The number of aromatic nitrogens is 1. The smallest absolute Gasteiger partial charge is 0.341 e. The fourth-order valence-electron chi connectivity index (χ4n) is 2.67. The summed E-state index contributed by atoms with van der Waals surface area (Å²) in [6, 6.07) is 0. The van der Waals surface area contributed by atoms with Gasteiger partial charge in [0.2, 0.25) is 0 Å². The molecule has 5 nitrogen and oxygen atoms in total. The van der Waals surface area contributed by atoms with Crippen LogP contribution >= 0.6 is 0 Å². The van der Waals surface area contributed by atoms with E-state index >= 15 is 0 Å². The summed E-state index contributed by atoms with van der Waals surface area (Å²) in [4.78, 5) is 13.1. The zero-order chi connectivity index (χ0) is 13.0. The number of aromatic carboxylic acids is 1. The van der Waals surface area contributed by atoms with Gasteiger partial charge in [-0.15, -0.1) is 0 Å². The Kier molecular flexibility index (Phi) is 4.36. The summed E-state index contributed by atoms with van der Waals surface area (Å²) in [7, 11) is 2.00. The zero-order valence-electron chi connectivity index (χ0n) is 10.8. The number of carbonyl (C=O) groups is 1. The van der Waals surface area contributed by atoms with Crippen LogP contribution in [0, 0.1) is 5.92 Å². The molecule has 1 fully saturated rings. The maximum atomic E-state index is 10.9. The Morgan fingerprint density at radius 3 is 2.89 bits per heavy atom. The molecule has 0 unspecified atom stereocenters. The lowest BCUT2D eigenvalue weighted by atomic mass is 9.89. The number of hydrogen-bond donors (Lipinski definition) is 1. The van der Waals surface area contributed by atoms with Gasteiger partial charge in [0.15, 0.2) is 5.76 Å². The molecule has 0 saturated heterocycles. The van der Waals surface area contributed by atoms with Crippen molar-refractivity contribution in [1.29, 1.82) is 0 Å². The molecule has 2 rings (SSSR count). The van der Waals surface area contributed by atoms with Gasteiger partial charge in [-0.3, -0.25) is 4.90 Å². The first-order chi connectivity index (χ1) is 8.66. The van der Waals surface area contributed by atoms with Gasteiger partial charge in [0, 0.05) is 6.54 Å². The molecule has 1 saturated carbocycles. The lowest BCUT2D eigenvalue weighted by molar-refractivity contribution is 0.0692. The molecule has 0 aliphatic heterocycles. The highest BCUT2D eigenvalue weighted by atomic mass is 16.5. The van der Waals surface area contributed by atoms with Crippen molar-refractivity contribution in [1.82, 2.24) is 10.1 Å². The van der Waals surface area contributed by atoms with E-state index in [2.05, 4.69) is 10.1 Å². The second kappa shape index (κ2) is 6.00. The Balaban J connectivity index is 1.88. The normalized spacial score (nSPS) is 17.2. The molecule has 0 radical (unpaired) electrons. The molecule has 100 valence electrons. The maximum Gasteiger partial charge on any atom is 0.341 e. The van der Waals surface area contributed by atoms with Gasteiger partial charge >= 0.3 is 5.97 Å². The van der Waals surface area contributed by atoms with Crippen molar-refractivity contribution in [3.8, 4) is 0 Å². The lowest BCUT2D eigenvalue weighted by Gasteiger charge is -2.26. The minimum absolute atomic E-state index is 0.172. The maximum absolute atomic E-state index is 10.9. The van der Waals surface area contributed by atoms with Gasteiger partial charge in [0.05, 0.1) is 12.7 Å². The standard InChI is InChI=1S/C13H20N2O3/c1-15(8-10-5-3-2-4-6-10)9-12-11(13(16)17)7-14-18-12/h7,10H,2-6,8-9H2,1H3,(H,16,17). The number of rotatable bonds is 5. The van der Waals surface area contributed by atoms with E-state index in [0.717, 1.165) is 12.5 Å². The fourth-order valence-corrected chi connectivity index (χ4v) is 2.67. The molecule has 1 heterocycles. The quantitative estimate of drug-likeness (QED) is 0.871. The van der Waals surface area contributed by atoms with Crippen LogP contribution in [0.5, 0.6) is 0 Å². The third kappa shape index (κ3) is 3.32. The van der Waals surface area contributed by atoms with Gasteiger partial charge in [0.25, 0.3) is 0 Å². The summed E-state index contributed by atoms with van der Waals surface area (Å²) in [6.07, 6.45) is 7.83. The van der Waals surface area contributed by atoms with Crippen LogP contribution in [0.15, 0.2) is 10.7 Å². The Morgan fingerprint density at radius 2 is 2.22 bits per heavy atom. The molecule has 1 aromatic heterocycles. The van der Waals surface area contributed by atoms with Crippen molar-refractivity contribution in [3.63, 3.8) is 0 Å². The highest BCUT2D eigenvalue weighted by molar-refractivity contribution is 5.88. The van der Waals surface area contributed by atoms with Crippen LogP contribution in [0.4, 0.5) is 0 Å². The van der Waals surface area contributed by atoms with E-state index in [1.807, 2.05) is 7.05 Å². The van der Waals surface area contributed by atoms with Crippen molar-refractivity contribution >= 4 is 5.97 Å². The van der Waals surface area contributed by atoms with Crippen LogP contribution < -0.4 is 0 Å². The average Bonchev–Trinajstić information content (AvgIpc) is 2.78. The Labute approximate surface area is 107 Å². The van der Waals surface area contributed by atoms with Crippen molar-refractivity contribution in [2.75, 3.05) is 13.6 Å². The average molecular weight is 252 g/mol. The van der Waals surface area contributed by atoms with Gasteiger partial charge in [-0.1, -0.05) is 24.4 Å². The van der Waals surface area contributed by atoms with Crippen LogP contribution in [0.25, 0.3) is 0 Å². The highest BCUT2D eigenvalue weighted by Crippen LogP contribution is 2.24. The van der Waals surface area contributed by atoms with Crippen molar-refractivity contribution < 1.29 is 14.4 Å². The number of nitrogens with zero attached hydrogens (tertiary/aromatic N) is 2. The molecule has 0 amide bonds. The Morgan fingerprint density at radius 1 is 1.50 bits per heavy atom. The first kappa shape index (κ1) is 13.1. The summed E-state index contributed by atoms with van der Waals surface area (Å²) in [5, 5.41) is 12.5. The predicted octanol–water partition coefficient (Wildman–Crippen LogP) is 2.38. The topological polar surface area (TPSA) is 66.6 Å². The summed E-state index contributed by atoms with van der Waals surface area (Å²) >= 11 is 0. The van der Waals surface area contributed by atoms with Crippen LogP contribution in [-0.4, -0.2) is 34.7 Å². The molecule has 1 aromatic rings. The lowest BCUT2D eigenvalue weighted by Crippen LogP contribution is -2.27. The fraction of sp³-hybridized carbons (Fsp3) is 0.692. The van der Waals surface area contributed by atoms with Crippen LogP contribution in [-0.2, 0) is 6.54 Å². The van der Waals surface area contributed by atoms with E-state index in [-0.39, 0.29) is 5.56 Å². The minimum atomic E-state index is -0.975. The number of hydrogen-bond acceptors (Lipinski definition) is 4. The molecule has 0 aromatic carbocycles. The van der Waals surface area contributed by atoms with Crippen LogP contribution in [0.2, 0.25) is 0 Å². The summed E-state index contributed by atoms with van der Waals surface area (Å²) in [5.41, 5.74) is 0.172. The third-order valence-electron chi connectivity index (χ3n) is 3.58. The van der Waals surface area contributed by atoms with Gasteiger partial charge in [0.1, 0.15) is 5.56 Å².